The van der Waals surface area contributed by atoms with Gasteiger partial charge in [0.05, 0.1) is 19.1 Å². The van der Waals surface area contributed by atoms with E-state index in [1.54, 1.807) is 6.92 Å². The van der Waals surface area contributed by atoms with Gasteiger partial charge in [-0.15, -0.1) is 0 Å². The Kier molecular flexibility index (Phi) is 7.06. The summed E-state index contributed by atoms with van der Waals surface area (Å²) in [6, 6.07) is 10.1. The Labute approximate surface area is 108 Å². The summed E-state index contributed by atoms with van der Waals surface area (Å²) in [6.45, 7) is 3.30. The van der Waals surface area contributed by atoms with Crippen molar-refractivity contribution in [3.05, 3.63) is 35.9 Å². The molecule has 0 fully saturated rings. The monoisotopic (exact) mass is 251 g/mol. The topological polar surface area (TPSA) is 58.6 Å². The molecule has 100 valence electrons. The standard InChI is InChI=1S/C14H21NO3/c1-2-18-14(17)10-13(16)11-15-9-8-12-6-4-3-5-7-12/h3-7,13,15-16H,2,8-11H2,1H3. The van der Waals surface area contributed by atoms with Crippen molar-refractivity contribution >= 4 is 5.97 Å². The molecule has 0 aromatic heterocycles. The number of aliphatic hydroxyl groups excluding tert-OH is 1. The summed E-state index contributed by atoms with van der Waals surface area (Å²) < 4.78 is 4.76. The number of esters is 1. The molecule has 0 aliphatic heterocycles. The van der Waals surface area contributed by atoms with Crippen molar-refractivity contribution in [2.24, 2.45) is 0 Å². The van der Waals surface area contributed by atoms with Gasteiger partial charge in [0.1, 0.15) is 0 Å². The first kappa shape index (κ1) is 14.7. The lowest BCUT2D eigenvalue weighted by Gasteiger charge is -2.11. The second-order valence-corrected chi connectivity index (χ2v) is 4.10. The highest BCUT2D eigenvalue weighted by atomic mass is 16.5. The molecular weight excluding hydrogens is 230 g/mol. The zero-order valence-electron chi connectivity index (χ0n) is 10.8. The normalized spacial score (nSPS) is 12.1. The molecule has 0 bridgehead atoms. The van der Waals surface area contributed by atoms with Crippen LogP contribution in [0.3, 0.4) is 0 Å². The molecule has 0 saturated heterocycles. The summed E-state index contributed by atoms with van der Waals surface area (Å²) in [5.41, 5.74) is 1.25. The van der Waals surface area contributed by atoms with Crippen LogP contribution in [0.5, 0.6) is 0 Å². The summed E-state index contributed by atoms with van der Waals surface area (Å²) >= 11 is 0. The molecule has 4 heteroatoms. The molecule has 1 unspecified atom stereocenters. The molecule has 0 heterocycles. The maximum atomic E-state index is 11.1. The van der Waals surface area contributed by atoms with Crippen molar-refractivity contribution in [1.82, 2.24) is 5.32 Å². The SMILES string of the molecule is CCOC(=O)CC(O)CNCCc1ccccc1. The summed E-state index contributed by atoms with van der Waals surface area (Å²) in [5, 5.41) is 12.7. The van der Waals surface area contributed by atoms with E-state index < -0.39 is 6.10 Å². The van der Waals surface area contributed by atoms with Crippen LogP contribution >= 0.6 is 0 Å². The Hall–Kier alpha value is -1.39. The number of aliphatic hydroxyl groups is 1. The van der Waals surface area contributed by atoms with Crippen LogP contribution < -0.4 is 5.32 Å². The molecule has 1 atom stereocenters. The lowest BCUT2D eigenvalue weighted by molar-refractivity contribution is -0.145. The molecule has 1 aromatic rings. The summed E-state index contributed by atoms with van der Waals surface area (Å²) in [7, 11) is 0. The van der Waals surface area contributed by atoms with Crippen LogP contribution in [-0.4, -0.2) is 36.9 Å². The number of ether oxygens (including phenoxy) is 1. The van der Waals surface area contributed by atoms with Gasteiger partial charge in [0.25, 0.3) is 0 Å². The Morgan fingerprint density at radius 2 is 2.11 bits per heavy atom. The van der Waals surface area contributed by atoms with Crippen LogP contribution in [0.15, 0.2) is 30.3 Å². The third-order valence-corrected chi connectivity index (χ3v) is 2.52. The molecule has 1 rings (SSSR count). The molecule has 1 aromatic carbocycles. The quantitative estimate of drug-likeness (QED) is 0.537. The first-order chi connectivity index (χ1) is 8.72. The van der Waals surface area contributed by atoms with Gasteiger partial charge in [0.2, 0.25) is 0 Å². The van der Waals surface area contributed by atoms with E-state index in [0.29, 0.717) is 13.2 Å². The van der Waals surface area contributed by atoms with Gasteiger partial charge < -0.3 is 15.2 Å². The molecule has 0 aliphatic rings. The van der Waals surface area contributed by atoms with E-state index in [1.165, 1.54) is 5.56 Å². The van der Waals surface area contributed by atoms with Crippen molar-refractivity contribution in [3.8, 4) is 0 Å². The van der Waals surface area contributed by atoms with Gasteiger partial charge in [-0.2, -0.15) is 0 Å². The number of hydrogen-bond donors (Lipinski definition) is 2. The van der Waals surface area contributed by atoms with E-state index in [1.807, 2.05) is 18.2 Å². The fourth-order valence-corrected chi connectivity index (χ4v) is 1.63. The molecule has 2 N–H and O–H groups in total. The predicted octanol–water partition coefficient (Wildman–Crippen LogP) is 1.13. The Morgan fingerprint density at radius 3 is 2.78 bits per heavy atom. The third-order valence-electron chi connectivity index (χ3n) is 2.52. The van der Waals surface area contributed by atoms with Gasteiger partial charge in [0.15, 0.2) is 0 Å². The minimum absolute atomic E-state index is 0.0478. The molecule has 18 heavy (non-hydrogen) atoms. The number of carbonyl (C=O) groups excluding carboxylic acids is 1. The smallest absolute Gasteiger partial charge is 0.308 e. The van der Waals surface area contributed by atoms with E-state index >= 15 is 0 Å². The summed E-state index contributed by atoms with van der Waals surface area (Å²) in [5.74, 6) is -0.352. The largest absolute Gasteiger partial charge is 0.466 e. The second-order valence-electron chi connectivity index (χ2n) is 4.10. The van der Waals surface area contributed by atoms with E-state index in [-0.39, 0.29) is 12.4 Å². The zero-order valence-corrected chi connectivity index (χ0v) is 10.8. The van der Waals surface area contributed by atoms with Gasteiger partial charge >= 0.3 is 5.97 Å². The number of rotatable bonds is 8. The minimum atomic E-state index is -0.681. The van der Waals surface area contributed by atoms with Crippen LogP contribution in [0.25, 0.3) is 0 Å². The van der Waals surface area contributed by atoms with Gasteiger partial charge in [-0.05, 0) is 25.5 Å². The molecular formula is C14H21NO3. The highest BCUT2D eigenvalue weighted by molar-refractivity contribution is 5.69. The van der Waals surface area contributed by atoms with Gasteiger partial charge in [-0.25, -0.2) is 0 Å². The van der Waals surface area contributed by atoms with E-state index in [0.717, 1.165) is 13.0 Å². The minimum Gasteiger partial charge on any atom is -0.466 e. The summed E-state index contributed by atoms with van der Waals surface area (Å²) in [4.78, 5) is 11.1. The van der Waals surface area contributed by atoms with E-state index in [9.17, 15) is 9.90 Å². The molecule has 0 saturated carbocycles. The first-order valence-electron chi connectivity index (χ1n) is 6.30. The first-order valence-corrected chi connectivity index (χ1v) is 6.30. The van der Waals surface area contributed by atoms with Crippen molar-refractivity contribution in [1.29, 1.82) is 0 Å². The van der Waals surface area contributed by atoms with Crippen LogP contribution in [0.1, 0.15) is 18.9 Å². The molecule has 0 spiro atoms. The van der Waals surface area contributed by atoms with Gasteiger partial charge in [-0.3, -0.25) is 4.79 Å². The maximum Gasteiger partial charge on any atom is 0.308 e. The van der Waals surface area contributed by atoms with Gasteiger partial charge in [0, 0.05) is 6.54 Å². The van der Waals surface area contributed by atoms with E-state index in [2.05, 4.69) is 17.4 Å². The van der Waals surface area contributed by atoms with Crippen molar-refractivity contribution < 1.29 is 14.6 Å². The molecule has 0 amide bonds. The van der Waals surface area contributed by atoms with Crippen LogP contribution in [0.4, 0.5) is 0 Å². The molecule has 0 aliphatic carbocycles. The number of hydrogen-bond acceptors (Lipinski definition) is 4. The van der Waals surface area contributed by atoms with Crippen LogP contribution in [-0.2, 0) is 16.0 Å². The number of benzene rings is 1. The van der Waals surface area contributed by atoms with Crippen molar-refractivity contribution in [2.45, 2.75) is 25.9 Å². The Bertz CT molecular complexity index is 340. The zero-order chi connectivity index (χ0) is 13.2. The van der Waals surface area contributed by atoms with E-state index in [4.69, 9.17) is 4.74 Å². The fourth-order valence-electron chi connectivity index (χ4n) is 1.63. The second kappa shape index (κ2) is 8.66. The van der Waals surface area contributed by atoms with Crippen molar-refractivity contribution in [2.75, 3.05) is 19.7 Å². The van der Waals surface area contributed by atoms with Crippen molar-refractivity contribution in [3.63, 3.8) is 0 Å². The molecule has 0 radical (unpaired) electrons. The molecule has 4 nitrogen and oxygen atoms in total. The Morgan fingerprint density at radius 1 is 1.39 bits per heavy atom. The van der Waals surface area contributed by atoms with Crippen LogP contribution in [0.2, 0.25) is 0 Å². The average Bonchev–Trinajstić information content (AvgIpc) is 2.36. The predicted molar refractivity (Wildman–Crippen MR) is 70.3 cm³/mol. The van der Waals surface area contributed by atoms with Crippen LogP contribution in [0, 0.1) is 0 Å². The lowest BCUT2D eigenvalue weighted by atomic mass is 10.1. The average molecular weight is 251 g/mol. The highest BCUT2D eigenvalue weighted by Gasteiger charge is 2.10. The number of nitrogens with one attached hydrogen (secondary N) is 1. The highest BCUT2D eigenvalue weighted by Crippen LogP contribution is 1.98. The Balaban J connectivity index is 2.09. The third kappa shape index (κ3) is 6.37. The lowest BCUT2D eigenvalue weighted by Crippen LogP contribution is -2.30. The summed E-state index contributed by atoms with van der Waals surface area (Å²) in [6.07, 6.45) is 0.277. The van der Waals surface area contributed by atoms with Gasteiger partial charge in [-0.1, -0.05) is 30.3 Å². The maximum absolute atomic E-state index is 11.1. The fraction of sp³-hybridized carbons (Fsp3) is 0.500. The number of carbonyl (C=O) groups is 1.